The van der Waals surface area contributed by atoms with E-state index in [4.69, 9.17) is 20.6 Å². The van der Waals surface area contributed by atoms with E-state index in [9.17, 15) is 9.36 Å². The molecule has 0 heterocycles. The lowest BCUT2D eigenvalue weighted by Crippen LogP contribution is -2.42. The van der Waals surface area contributed by atoms with Crippen molar-refractivity contribution in [3.05, 3.63) is 0 Å². The molecule has 18 heavy (non-hydrogen) atoms. The maximum Gasteiger partial charge on any atom is 0.325 e. The Morgan fingerprint density at radius 1 is 1.28 bits per heavy atom. The summed E-state index contributed by atoms with van der Waals surface area (Å²) in [6.07, 6.45) is 4.64. The predicted molar refractivity (Wildman–Crippen MR) is 67.2 cm³/mol. The van der Waals surface area contributed by atoms with Crippen LogP contribution in [-0.4, -0.2) is 33.1 Å². The molecule has 1 fully saturated rings. The maximum absolute atomic E-state index is 11.2. The maximum atomic E-state index is 11.2. The van der Waals surface area contributed by atoms with Gasteiger partial charge in [0.15, 0.2) is 0 Å². The summed E-state index contributed by atoms with van der Waals surface area (Å²) >= 11 is 0. The summed E-state index contributed by atoms with van der Waals surface area (Å²) in [5.74, 6) is -1.75. The molecular formula is C11H22NO5P. The minimum atomic E-state index is -4.16. The molecule has 0 bridgehead atoms. The van der Waals surface area contributed by atoms with Gasteiger partial charge in [0.25, 0.3) is 0 Å². The van der Waals surface area contributed by atoms with Gasteiger partial charge in [-0.05, 0) is 25.2 Å². The van der Waals surface area contributed by atoms with Crippen LogP contribution >= 0.6 is 7.60 Å². The first-order valence-electron chi connectivity index (χ1n) is 6.34. The zero-order chi connectivity index (χ0) is 13.8. The lowest BCUT2D eigenvalue weighted by atomic mass is 9.78. The topological polar surface area (TPSA) is 121 Å². The second-order valence-corrected chi connectivity index (χ2v) is 6.87. The van der Waals surface area contributed by atoms with Crippen molar-refractivity contribution in [2.45, 2.75) is 44.6 Å². The molecule has 6 nitrogen and oxygen atoms in total. The Morgan fingerprint density at radius 3 is 2.28 bits per heavy atom. The molecule has 0 aromatic rings. The highest BCUT2D eigenvalue weighted by Gasteiger charge is 2.33. The van der Waals surface area contributed by atoms with Crippen molar-refractivity contribution in [3.8, 4) is 0 Å². The van der Waals surface area contributed by atoms with Crippen LogP contribution in [0.15, 0.2) is 0 Å². The molecule has 106 valence electrons. The summed E-state index contributed by atoms with van der Waals surface area (Å²) in [6.45, 7) is 0. The van der Waals surface area contributed by atoms with Gasteiger partial charge in [0.2, 0.25) is 0 Å². The number of nitrogens with two attached hydrogens (primary N) is 1. The molecule has 2 atom stereocenters. The zero-order valence-electron chi connectivity index (χ0n) is 10.4. The molecular weight excluding hydrogens is 257 g/mol. The Morgan fingerprint density at radius 2 is 1.83 bits per heavy atom. The van der Waals surface area contributed by atoms with E-state index in [1.54, 1.807) is 0 Å². The van der Waals surface area contributed by atoms with Gasteiger partial charge in [-0.2, -0.15) is 0 Å². The highest BCUT2D eigenvalue weighted by atomic mass is 31.2. The van der Waals surface area contributed by atoms with E-state index in [0.29, 0.717) is 0 Å². The molecule has 1 aliphatic rings. The van der Waals surface area contributed by atoms with Crippen LogP contribution in [0, 0.1) is 11.8 Å². The van der Waals surface area contributed by atoms with Gasteiger partial charge in [0.1, 0.15) is 0 Å². The first-order valence-corrected chi connectivity index (χ1v) is 8.14. The van der Waals surface area contributed by atoms with E-state index in [1.165, 1.54) is 0 Å². The van der Waals surface area contributed by atoms with Gasteiger partial charge in [-0.3, -0.25) is 9.36 Å². The van der Waals surface area contributed by atoms with E-state index in [-0.39, 0.29) is 12.3 Å². The normalized spacial score (nSPS) is 21.5. The summed E-state index contributed by atoms with van der Waals surface area (Å²) < 4.78 is 10.8. The minimum absolute atomic E-state index is 0.0583. The number of aliphatic carboxylic acids is 1. The number of carboxylic acids is 1. The van der Waals surface area contributed by atoms with Crippen molar-refractivity contribution in [2.24, 2.45) is 17.6 Å². The van der Waals surface area contributed by atoms with Crippen LogP contribution < -0.4 is 5.73 Å². The van der Waals surface area contributed by atoms with E-state index < -0.39 is 31.7 Å². The molecule has 0 amide bonds. The molecule has 7 heteroatoms. The molecule has 0 spiro atoms. The molecule has 1 saturated carbocycles. The quantitative estimate of drug-likeness (QED) is 0.541. The van der Waals surface area contributed by atoms with Crippen molar-refractivity contribution in [1.82, 2.24) is 0 Å². The van der Waals surface area contributed by atoms with Crippen LogP contribution in [0.1, 0.15) is 38.5 Å². The summed E-state index contributed by atoms with van der Waals surface area (Å²) in [5, 5.41) is 9.14. The molecule has 0 radical (unpaired) electrons. The Balaban J connectivity index is 2.59. The van der Waals surface area contributed by atoms with Gasteiger partial charge in [-0.15, -0.1) is 0 Å². The first kappa shape index (κ1) is 15.6. The van der Waals surface area contributed by atoms with Crippen LogP contribution in [0.5, 0.6) is 0 Å². The van der Waals surface area contributed by atoms with Gasteiger partial charge in [-0.1, -0.05) is 19.3 Å². The smallest absolute Gasteiger partial charge is 0.325 e. The Kier molecular flexibility index (Phi) is 5.79. The third-order valence-electron chi connectivity index (χ3n) is 3.71. The summed E-state index contributed by atoms with van der Waals surface area (Å²) in [7, 11) is -4.16. The molecule has 0 saturated heterocycles. The fourth-order valence-electron chi connectivity index (χ4n) is 2.64. The third-order valence-corrected chi connectivity index (χ3v) is 4.55. The van der Waals surface area contributed by atoms with Crippen LogP contribution in [0.25, 0.3) is 0 Å². The van der Waals surface area contributed by atoms with Crippen LogP contribution in [-0.2, 0) is 9.36 Å². The fraction of sp³-hybridized carbons (Fsp3) is 0.909. The second-order valence-electron chi connectivity index (χ2n) is 5.10. The number of hydrogen-bond acceptors (Lipinski definition) is 3. The molecule has 0 aliphatic heterocycles. The SMILES string of the molecule is NC(C1CCCCC1)C(CCP(=O)(O)O)C(=O)O. The van der Waals surface area contributed by atoms with Gasteiger partial charge in [0, 0.05) is 6.04 Å². The number of hydrogen-bond donors (Lipinski definition) is 4. The Labute approximate surface area is 107 Å². The summed E-state index contributed by atoms with van der Waals surface area (Å²) in [4.78, 5) is 28.8. The fourth-order valence-corrected chi connectivity index (χ4v) is 3.25. The van der Waals surface area contributed by atoms with Crippen LogP contribution in [0.2, 0.25) is 0 Å². The number of carbonyl (C=O) groups is 1. The van der Waals surface area contributed by atoms with E-state index in [1.807, 2.05) is 0 Å². The van der Waals surface area contributed by atoms with Crippen molar-refractivity contribution in [3.63, 3.8) is 0 Å². The van der Waals surface area contributed by atoms with E-state index in [0.717, 1.165) is 32.1 Å². The average molecular weight is 279 g/mol. The molecule has 2 unspecified atom stereocenters. The largest absolute Gasteiger partial charge is 0.481 e. The predicted octanol–water partition coefficient (Wildman–Crippen LogP) is 1.16. The second kappa shape index (κ2) is 6.66. The monoisotopic (exact) mass is 279 g/mol. The highest BCUT2D eigenvalue weighted by Crippen LogP contribution is 2.38. The van der Waals surface area contributed by atoms with Gasteiger partial charge >= 0.3 is 13.6 Å². The van der Waals surface area contributed by atoms with Crippen LogP contribution in [0.4, 0.5) is 0 Å². The average Bonchev–Trinajstić information content (AvgIpc) is 2.28. The molecule has 0 aromatic carbocycles. The van der Waals surface area contributed by atoms with E-state index in [2.05, 4.69) is 0 Å². The van der Waals surface area contributed by atoms with E-state index >= 15 is 0 Å². The molecule has 1 rings (SSSR count). The van der Waals surface area contributed by atoms with Gasteiger partial charge in [-0.25, -0.2) is 0 Å². The van der Waals surface area contributed by atoms with Crippen molar-refractivity contribution in [1.29, 1.82) is 0 Å². The highest BCUT2D eigenvalue weighted by molar-refractivity contribution is 7.51. The lowest BCUT2D eigenvalue weighted by molar-refractivity contribution is -0.143. The molecule has 1 aliphatic carbocycles. The van der Waals surface area contributed by atoms with Gasteiger partial charge in [0.05, 0.1) is 12.1 Å². The zero-order valence-corrected chi connectivity index (χ0v) is 11.3. The minimum Gasteiger partial charge on any atom is -0.481 e. The number of carboxylic acid groups (broad SMARTS) is 1. The van der Waals surface area contributed by atoms with Gasteiger partial charge < -0.3 is 20.6 Å². The third kappa shape index (κ3) is 5.06. The number of rotatable bonds is 6. The van der Waals surface area contributed by atoms with Crippen molar-refractivity contribution < 1.29 is 24.3 Å². The lowest BCUT2D eigenvalue weighted by Gasteiger charge is -2.31. The summed E-state index contributed by atoms with van der Waals surface area (Å²) in [6, 6.07) is -0.505. The Hall–Kier alpha value is -0.420. The molecule has 5 N–H and O–H groups in total. The van der Waals surface area contributed by atoms with Crippen molar-refractivity contribution in [2.75, 3.05) is 6.16 Å². The standard InChI is InChI=1S/C11H22NO5P/c12-10(8-4-2-1-3-5-8)9(11(13)14)6-7-18(15,16)17/h8-10H,1-7,12H2,(H,13,14)(H2,15,16,17). The first-order chi connectivity index (χ1) is 8.31. The van der Waals surface area contributed by atoms with Crippen LogP contribution in [0.3, 0.4) is 0 Å². The molecule has 0 aromatic heterocycles. The summed E-state index contributed by atoms with van der Waals surface area (Å²) in [5.41, 5.74) is 5.99. The Bertz CT molecular complexity index is 323. The van der Waals surface area contributed by atoms with Crippen molar-refractivity contribution >= 4 is 13.6 Å².